The lowest BCUT2D eigenvalue weighted by Gasteiger charge is -2.25. The van der Waals surface area contributed by atoms with Crippen LogP contribution in [0.1, 0.15) is 23.1 Å². The van der Waals surface area contributed by atoms with Gasteiger partial charge >= 0.3 is 0 Å². The quantitative estimate of drug-likeness (QED) is 0.581. The van der Waals surface area contributed by atoms with Gasteiger partial charge in [-0.25, -0.2) is 0 Å². The van der Waals surface area contributed by atoms with E-state index in [0.717, 1.165) is 17.7 Å². The monoisotopic (exact) mass is 310 g/mol. The first kappa shape index (κ1) is 14.6. The first-order valence-electron chi connectivity index (χ1n) is 8.16. The molecule has 0 unspecified atom stereocenters. The number of nitrogens with zero attached hydrogens (tertiary/aromatic N) is 2. The molecule has 0 amide bonds. The molecule has 1 heterocycles. The van der Waals surface area contributed by atoms with Crippen molar-refractivity contribution in [3.05, 3.63) is 113 Å². The summed E-state index contributed by atoms with van der Waals surface area (Å²) in [5.74, 6) is 0. The maximum Gasteiger partial charge on any atom is 0.137 e. The molecule has 0 aliphatic carbocycles. The molecule has 1 aliphatic rings. The predicted octanol–water partition coefficient (Wildman–Crippen LogP) is 5.83. The predicted molar refractivity (Wildman–Crippen MR) is 97.6 cm³/mol. The van der Waals surface area contributed by atoms with Gasteiger partial charge in [0, 0.05) is 6.42 Å². The van der Waals surface area contributed by atoms with Crippen LogP contribution in [-0.4, -0.2) is 0 Å². The van der Waals surface area contributed by atoms with Crippen LogP contribution in [0.25, 0.3) is 6.08 Å². The van der Waals surface area contributed by atoms with E-state index in [2.05, 4.69) is 71.9 Å². The van der Waals surface area contributed by atoms with Crippen molar-refractivity contribution in [3.8, 4) is 0 Å². The Bertz CT molecular complexity index is 826. The molecule has 0 N–H and O–H groups in total. The topological polar surface area (TPSA) is 24.7 Å². The zero-order valence-corrected chi connectivity index (χ0v) is 13.3. The first-order valence-corrected chi connectivity index (χ1v) is 8.16. The second-order valence-electron chi connectivity index (χ2n) is 6.02. The van der Waals surface area contributed by atoms with Crippen molar-refractivity contribution in [3.63, 3.8) is 0 Å². The summed E-state index contributed by atoms with van der Waals surface area (Å²) in [7, 11) is 0. The molecule has 0 spiro atoms. The number of azo groups is 1. The van der Waals surface area contributed by atoms with Gasteiger partial charge in [0.25, 0.3) is 0 Å². The van der Waals surface area contributed by atoms with Gasteiger partial charge in [0.1, 0.15) is 5.54 Å². The van der Waals surface area contributed by atoms with Crippen LogP contribution < -0.4 is 0 Å². The van der Waals surface area contributed by atoms with Gasteiger partial charge in [-0.2, -0.15) is 10.2 Å². The fourth-order valence-electron chi connectivity index (χ4n) is 3.22. The smallest absolute Gasteiger partial charge is 0.137 e. The van der Waals surface area contributed by atoms with Crippen LogP contribution in [0, 0.1) is 0 Å². The van der Waals surface area contributed by atoms with Crippen molar-refractivity contribution in [2.24, 2.45) is 10.2 Å². The Balaban J connectivity index is 1.78. The summed E-state index contributed by atoms with van der Waals surface area (Å²) in [6.07, 6.45) is 2.90. The minimum Gasteiger partial charge on any atom is -0.172 e. The molecule has 3 aromatic rings. The summed E-state index contributed by atoms with van der Waals surface area (Å²) in [5, 5.41) is 9.27. The van der Waals surface area contributed by atoms with Crippen molar-refractivity contribution < 1.29 is 0 Å². The van der Waals surface area contributed by atoms with E-state index in [0.29, 0.717) is 0 Å². The third-order valence-corrected chi connectivity index (χ3v) is 4.42. The molecule has 0 aromatic heterocycles. The second kappa shape index (κ2) is 6.25. The molecular weight excluding hydrogens is 292 g/mol. The zero-order chi connectivity index (χ0) is 16.2. The molecule has 116 valence electrons. The van der Waals surface area contributed by atoms with Crippen LogP contribution >= 0.6 is 0 Å². The largest absolute Gasteiger partial charge is 0.172 e. The highest BCUT2D eigenvalue weighted by molar-refractivity contribution is 5.55. The number of hydrogen-bond donors (Lipinski definition) is 0. The van der Waals surface area contributed by atoms with Crippen LogP contribution in [0.5, 0.6) is 0 Å². The maximum atomic E-state index is 4.74. The molecule has 2 heteroatoms. The zero-order valence-electron chi connectivity index (χ0n) is 13.3. The molecule has 2 nitrogen and oxygen atoms in total. The average Bonchev–Trinajstić information content (AvgIpc) is 3.09. The summed E-state index contributed by atoms with van der Waals surface area (Å²) < 4.78 is 0. The number of rotatable bonds is 3. The van der Waals surface area contributed by atoms with Gasteiger partial charge in [-0.05, 0) is 22.8 Å². The molecule has 3 aromatic carbocycles. The van der Waals surface area contributed by atoms with Crippen molar-refractivity contribution >= 4 is 6.08 Å². The summed E-state index contributed by atoms with van der Waals surface area (Å²) in [5.41, 5.74) is 4.09. The van der Waals surface area contributed by atoms with Crippen LogP contribution in [0.3, 0.4) is 0 Å². The summed E-state index contributed by atoms with van der Waals surface area (Å²) in [4.78, 5) is 0. The van der Waals surface area contributed by atoms with Gasteiger partial charge < -0.3 is 0 Å². The van der Waals surface area contributed by atoms with Gasteiger partial charge in [0.2, 0.25) is 0 Å². The molecule has 0 bridgehead atoms. The van der Waals surface area contributed by atoms with E-state index in [9.17, 15) is 0 Å². The van der Waals surface area contributed by atoms with Gasteiger partial charge in [-0.15, -0.1) is 0 Å². The van der Waals surface area contributed by atoms with Crippen molar-refractivity contribution in [2.45, 2.75) is 12.0 Å². The Hall–Kier alpha value is -3.00. The third-order valence-electron chi connectivity index (χ3n) is 4.42. The van der Waals surface area contributed by atoms with Gasteiger partial charge in [-0.3, -0.25) is 0 Å². The number of hydrogen-bond acceptors (Lipinski definition) is 2. The van der Waals surface area contributed by atoms with Crippen LogP contribution in [0.2, 0.25) is 0 Å². The standard InChI is InChI=1S/C22H18N2/c1-4-10-18(11-5-1)16-21-17-22(24-23-21,19-12-6-2-7-13-19)20-14-8-3-9-15-20/h1-16H,17H2/b21-16+. The van der Waals surface area contributed by atoms with Crippen molar-refractivity contribution in [1.29, 1.82) is 0 Å². The van der Waals surface area contributed by atoms with Gasteiger partial charge in [-0.1, -0.05) is 91.0 Å². The van der Waals surface area contributed by atoms with E-state index in [4.69, 9.17) is 5.11 Å². The molecule has 0 fully saturated rings. The van der Waals surface area contributed by atoms with E-state index >= 15 is 0 Å². The van der Waals surface area contributed by atoms with E-state index in [1.807, 2.05) is 30.3 Å². The minimum atomic E-state index is -0.427. The molecule has 0 atom stereocenters. The first-order chi connectivity index (χ1) is 11.9. The fourth-order valence-corrected chi connectivity index (χ4v) is 3.22. The molecule has 1 aliphatic heterocycles. The lowest BCUT2D eigenvalue weighted by molar-refractivity contribution is 0.562. The van der Waals surface area contributed by atoms with Crippen LogP contribution in [-0.2, 0) is 5.54 Å². The Kier molecular flexibility index (Phi) is 3.80. The SMILES string of the molecule is C(=C1/CC(c2ccccc2)(c2ccccc2)N=N1)/c1ccccc1. The second-order valence-corrected chi connectivity index (χ2v) is 6.02. The highest BCUT2D eigenvalue weighted by Gasteiger charge is 2.39. The summed E-state index contributed by atoms with van der Waals surface area (Å²) >= 11 is 0. The fraction of sp³-hybridized carbons (Fsp3) is 0.0909. The Labute approximate surface area is 142 Å². The average molecular weight is 310 g/mol. The summed E-state index contributed by atoms with van der Waals surface area (Å²) in [6.45, 7) is 0. The molecule has 0 saturated carbocycles. The molecule has 0 saturated heterocycles. The normalized spacial score (nSPS) is 17.2. The highest BCUT2D eigenvalue weighted by Crippen LogP contribution is 2.44. The maximum absolute atomic E-state index is 4.74. The lowest BCUT2D eigenvalue weighted by Crippen LogP contribution is -2.22. The molecular formula is C22H18N2. The van der Waals surface area contributed by atoms with Crippen molar-refractivity contribution in [1.82, 2.24) is 0 Å². The van der Waals surface area contributed by atoms with Gasteiger partial charge in [0.05, 0.1) is 5.70 Å². The third kappa shape index (κ3) is 2.67. The Morgan fingerprint density at radius 1 is 0.667 bits per heavy atom. The Morgan fingerprint density at radius 2 is 1.17 bits per heavy atom. The van der Waals surface area contributed by atoms with Crippen LogP contribution in [0.4, 0.5) is 0 Å². The minimum absolute atomic E-state index is 0.427. The van der Waals surface area contributed by atoms with Gasteiger partial charge in [0.15, 0.2) is 0 Å². The van der Waals surface area contributed by atoms with E-state index in [1.165, 1.54) is 11.1 Å². The van der Waals surface area contributed by atoms with E-state index < -0.39 is 5.54 Å². The number of benzene rings is 3. The molecule has 0 radical (unpaired) electrons. The van der Waals surface area contributed by atoms with E-state index in [1.54, 1.807) is 0 Å². The molecule has 24 heavy (non-hydrogen) atoms. The lowest BCUT2D eigenvalue weighted by atomic mass is 9.80. The Morgan fingerprint density at radius 3 is 1.71 bits per heavy atom. The highest BCUT2D eigenvalue weighted by atomic mass is 15.2. The molecule has 4 rings (SSSR count). The van der Waals surface area contributed by atoms with Crippen LogP contribution in [0.15, 0.2) is 107 Å². The van der Waals surface area contributed by atoms with Crippen molar-refractivity contribution in [2.75, 3.05) is 0 Å². The van der Waals surface area contributed by atoms with E-state index in [-0.39, 0.29) is 0 Å². The summed E-state index contributed by atoms with van der Waals surface area (Å²) in [6, 6.07) is 31.2.